The predicted molar refractivity (Wildman–Crippen MR) is 101 cm³/mol. The number of ether oxygens (including phenoxy) is 3. The summed E-state index contributed by atoms with van der Waals surface area (Å²) in [5, 5.41) is 0. The van der Waals surface area contributed by atoms with Crippen LogP contribution in [0, 0.1) is 0 Å². The first kappa shape index (κ1) is 22.5. The maximum atomic E-state index is 6.66. The van der Waals surface area contributed by atoms with Gasteiger partial charge >= 0.3 is 25.7 Å². The molecule has 1 aliphatic rings. The van der Waals surface area contributed by atoms with Gasteiger partial charge in [-0.05, 0) is 38.9 Å². The molecule has 144 valence electrons. The van der Waals surface area contributed by atoms with Crippen LogP contribution in [0.15, 0.2) is 0 Å². The lowest BCUT2D eigenvalue weighted by Gasteiger charge is -2.52. The van der Waals surface area contributed by atoms with Crippen LogP contribution in [-0.2, 0) is 26.6 Å². The fourth-order valence-electron chi connectivity index (χ4n) is 2.77. The Kier molecular flexibility index (Phi) is 9.85. The molecular formula is C15H36O6Si3. The normalized spacial score (nSPS) is 33.8. The second kappa shape index (κ2) is 10.5. The van der Waals surface area contributed by atoms with Crippen LogP contribution >= 0.6 is 0 Å². The smallest absolute Gasteiger partial charge is 0.347 e. The molecule has 6 nitrogen and oxygen atoms in total. The maximum absolute atomic E-state index is 6.66. The molecule has 0 bridgehead atoms. The summed E-state index contributed by atoms with van der Waals surface area (Å²) in [4.78, 5) is 0. The van der Waals surface area contributed by atoms with E-state index < -0.39 is 25.7 Å². The van der Waals surface area contributed by atoms with Gasteiger partial charge in [-0.1, -0.05) is 20.8 Å². The quantitative estimate of drug-likeness (QED) is 0.472. The molecule has 0 atom stereocenters. The van der Waals surface area contributed by atoms with Gasteiger partial charge in [-0.25, -0.2) is 0 Å². The summed E-state index contributed by atoms with van der Waals surface area (Å²) >= 11 is 0. The molecular weight excluding hydrogens is 360 g/mol. The minimum atomic E-state index is -2.47. The Morgan fingerprint density at radius 2 is 0.750 bits per heavy atom. The summed E-state index contributed by atoms with van der Waals surface area (Å²) in [5.41, 5.74) is 0. The standard InChI is InChI=1S/C15H36O6Si3/c1-7-16-13-22(10-4)19-23(11-5,14-17-8-2)21-24(12-6,20-22)15-18-9-3/h7-15H2,1-6H3. The topological polar surface area (TPSA) is 55.4 Å². The van der Waals surface area contributed by atoms with Gasteiger partial charge in [0.1, 0.15) is 0 Å². The van der Waals surface area contributed by atoms with E-state index in [-0.39, 0.29) is 0 Å². The van der Waals surface area contributed by atoms with E-state index in [9.17, 15) is 0 Å². The molecule has 0 N–H and O–H groups in total. The molecule has 1 heterocycles. The summed E-state index contributed by atoms with van der Waals surface area (Å²) in [5.74, 6) is 0. The van der Waals surface area contributed by atoms with Gasteiger partial charge in [0.05, 0.1) is 18.7 Å². The molecule has 24 heavy (non-hydrogen) atoms. The minimum absolute atomic E-state index is 0.561. The second-order valence-corrected chi connectivity index (χ2v) is 16.9. The van der Waals surface area contributed by atoms with Crippen molar-refractivity contribution < 1.29 is 26.6 Å². The molecule has 0 aliphatic carbocycles. The van der Waals surface area contributed by atoms with Gasteiger partial charge in [0, 0.05) is 19.8 Å². The highest BCUT2D eigenvalue weighted by molar-refractivity contribution is 6.94. The highest BCUT2D eigenvalue weighted by Gasteiger charge is 2.61. The van der Waals surface area contributed by atoms with Gasteiger partial charge in [-0.2, -0.15) is 0 Å². The van der Waals surface area contributed by atoms with Gasteiger partial charge in [-0.15, -0.1) is 0 Å². The third-order valence-corrected chi connectivity index (χ3v) is 18.4. The van der Waals surface area contributed by atoms with Crippen molar-refractivity contribution in [2.75, 3.05) is 38.5 Å². The van der Waals surface area contributed by atoms with Gasteiger partial charge in [0.15, 0.2) is 0 Å². The van der Waals surface area contributed by atoms with E-state index >= 15 is 0 Å². The van der Waals surface area contributed by atoms with Gasteiger partial charge in [0.25, 0.3) is 0 Å². The van der Waals surface area contributed by atoms with E-state index in [2.05, 4.69) is 20.8 Å². The van der Waals surface area contributed by atoms with Crippen LogP contribution in [-0.4, -0.2) is 64.2 Å². The lowest BCUT2D eigenvalue weighted by Crippen LogP contribution is -2.74. The zero-order valence-corrected chi connectivity index (χ0v) is 19.3. The zero-order valence-electron chi connectivity index (χ0n) is 16.3. The first-order chi connectivity index (χ1) is 11.5. The third-order valence-electron chi connectivity index (χ3n) is 4.31. The first-order valence-corrected chi connectivity index (χ1v) is 16.0. The van der Waals surface area contributed by atoms with Crippen LogP contribution in [0.25, 0.3) is 0 Å². The fourth-order valence-corrected chi connectivity index (χ4v) is 19.6. The summed E-state index contributed by atoms with van der Waals surface area (Å²) in [6.45, 7) is 14.4. The maximum Gasteiger partial charge on any atom is 0.347 e. The van der Waals surface area contributed by atoms with E-state index in [4.69, 9.17) is 26.6 Å². The van der Waals surface area contributed by atoms with Crippen LogP contribution < -0.4 is 0 Å². The Bertz CT molecular complexity index is 300. The molecule has 1 aliphatic heterocycles. The molecule has 0 aromatic carbocycles. The van der Waals surface area contributed by atoms with Crippen LogP contribution in [0.4, 0.5) is 0 Å². The van der Waals surface area contributed by atoms with Crippen molar-refractivity contribution in [3.8, 4) is 0 Å². The summed E-state index contributed by atoms with van der Waals surface area (Å²) in [6.07, 6.45) is 1.68. The molecule has 0 spiro atoms. The zero-order chi connectivity index (χ0) is 18.1. The fraction of sp³-hybridized carbons (Fsp3) is 1.00. The average Bonchev–Trinajstić information content (AvgIpc) is 2.63. The van der Waals surface area contributed by atoms with E-state index in [1.165, 1.54) is 0 Å². The molecule has 0 unspecified atom stereocenters. The third kappa shape index (κ3) is 5.71. The molecule has 0 aromatic rings. The summed E-state index contributed by atoms with van der Waals surface area (Å²) in [6, 6.07) is 2.58. The summed E-state index contributed by atoms with van der Waals surface area (Å²) < 4.78 is 37.3. The van der Waals surface area contributed by atoms with Crippen LogP contribution in [0.3, 0.4) is 0 Å². The van der Waals surface area contributed by atoms with Crippen molar-refractivity contribution in [1.82, 2.24) is 0 Å². The van der Waals surface area contributed by atoms with Crippen molar-refractivity contribution >= 4 is 25.7 Å². The lowest BCUT2D eigenvalue weighted by molar-refractivity contribution is 0.0913. The molecule has 1 fully saturated rings. The average molecular weight is 397 g/mol. The first-order valence-electron chi connectivity index (χ1n) is 9.32. The Hall–Kier alpha value is 0.411. The number of hydrogen-bond donors (Lipinski definition) is 0. The highest BCUT2D eigenvalue weighted by atomic mass is 28.5. The number of rotatable bonds is 12. The van der Waals surface area contributed by atoms with Gasteiger partial charge < -0.3 is 26.6 Å². The Morgan fingerprint density at radius 3 is 0.917 bits per heavy atom. The van der Waals surface area contributed by atoms with Crippen molar-refractivity contribution in [2.24, 2.45) is 0 Å². The van der Waals surface area contributed by atoms with E-state index in [1.807, 2.05) is 20.8 Å². The Labute approximate surface area is 150 Å². The predicted octanol–water partition coefficient (Wildman–Crippen LogP) is 3.16. The minimum Gasteiger partial charge on any atom is -0.413 e. The Balaban J connectivity index is 3.15. The monoisotopic (exact) mass is 396 g/mol. The van der Waals surface area contributed by atoms with E-state index in [0.717, 1.165) is 18.1 Å². The number of hydrogen-bond acceptors (Lipinski definition) is 6. The van der Waals surface area contributed by atoms with Crippen molar-refractivity contribution in [3.63, 3.8) is 0 Å². The molecule has 0 amide bonds. The van der Waals surface area contributed by atoms with Gasteiger partial charge in [0.2, 0.25) is 0 Å². The van der Waals surface area contributed by atoms with Gasteiger partial charge in [-0.3, -0.25) is 0 Å². The lowest BCUT2D eigenvalue weighted by atomic mass is 10.9. The molecule has 1 rings (SSSR count). The second-order valence-electron chi connectivity index (χ2n) is 6.01. The highest BCUT2D eigenvalue weighted by Crippen LogP contribution is 2.37. The van der Waals surface area contributed by atoms with Crippen LogP contribution in [0.5, 0.6) is 0 Å². The molecule has 0 saturated carbocycles. The molecule has 9 heteroatoms. The largest absolute Gasteiger partial charge is 0.413 e. The van der Waals surface area contributed by atoms with Crippen LogP contribution in [0.1, 0.15) is 41.5 Å². The van der Waals surface area contributed by atoms with Crippen molar-refractivity contribution in [1.29, 1.82) is 0 Å². The molecule has 0 aromatic heterocycles. The van der Waals surface area contributed by atoms with E-state index in [0.29, 0.717) is 38.5 Å². The van der Waals surface area contributed by atoms with Crippen molar-refractivity contribution in [2.45, 2.75) is 59.7 Å². The van der Waals surface area contributed by atoms with Crippen LogP contribution in [0.2, 0.25) is 18.1 Å². The summed E-state index contributed by atoms with van der Waals surface area (Å²) in [7, 11) is -7.42. The molecule has 0 radical (unpaired) electrons. The molecule has 1 saturated heterocycles. The van der Waals surface area contributed by atoms with E-state index in [1.54, 1.807) is 0 Å². The Morgan fingerprint density at radius 1 is 0.500 bits per heavy atom. The SMILES string of the molecule is CCOC[Si]1(CC)O[Si](CC)(COCC)O[Si](CC)(COCC)O1. The van der Waals surface area contributed by atoms with Crippen molar-refractivity contribution in [3.05, 3.63) is 0 Å².